The molecule has 134 valence electrons. The van der Waals surface area contributed by atoms with Crippen molar-refractivity contribution in [1.82, 2.24) is 4.90 Å². The summed E-state index contributed by atoms with van der Waals surface area (Å²) in [5.74, 6) is -4.13. The van der Waals surface area contributed by atoms with Gasteiger partial charge in [0.05, 0.1) is 18.5 Å². The van der Waals surface area contributed by atoms with Gasteiger partial charge in [0.2, 0.25) is 0 Å². The molecule has 2 heterocycles. The highest BCUT2D eigenvalue weighted by Gasteiger charge is 2.51. The third-order valence-electron chi connectivity index (χ3n) is 3.96. The van der Waals surface area contributed by atoms with Gasteiger partial charge in [-0.05, 0) is 12.1 Å². The Morgan fingerprint density at radius 3 is 2.68 bits per heavy atom. The van der Waals surface area contributed by atoms with Gasteiger partial charge < -0.3 is 14.7 Å². The van der Waals surface area contributed by atoms with Crippen LogP contribution in [0.5, 0.6) is 5.75 Å². The van der Waals surface area contributed by atoms with Crippen LogP contribution in [0.3, 0.4) is 0 Å². The van der Waals surface area contributed by atoms with Crippen molar-refractivity contribution in [3.8, 4) is 5.75 Å². The fourth-order valence-electron chi connectivity index (χ4n) is 2.87. The third kappa shape index (κ3) is 3.21. The van der Waals surface area contributed by atoms with E-state index in [0.717, 1.165) is 12.3 Å². The summed E-state index contributed by atoms with van der Waals surface area (Å²) in [6.07, 6.45) is -3.95. The second kappa shape index (κ2) is 6.43. The normalized spacial score (nSPS) is 19.9. The van der Waals surface area contributed by atoms with Crippen molar-refractivity contribution in [2.45, 2.75) is 19.3 Å². The quantitative estimate of drug-likeness (QED) is 0.839. The Hall–Kier alpha value is -2.49. The van der Waals surface area contributed by atoms with Crippen molar-refractivity contribution >= 4 is 5.91 Å². The number of hydrogen-bond donors (Lipinski definition) is 1. The van der Waals surface area contributed by atoms with Crippen LogP contribution in [0.25, 0.3) is 0 Å². The first-order chi connectivity index (χ1) is 11.8. The summed E-state index contributed by atoms with van der Waals surface area (Å²) in [4.78, 5) is 12.8. The number of ether oxygens (including phenoxy) is 1. The van der Waals surface area contributed by atoms with Crippen molar-refractivity contribution < 1.29 is 32.2 Å². The molecule has 1 amide bonds. The summed E-state index contributed by atoms with van der Waals surface area (Å²) < 4.78 is 59.1. The summed E-state index contributed by atoms with van der Waals surface area (Å²) in [7, 11) is 0. The van der Waals surface area contributed by atoms with Crippen LogP contribution in [0.2, 0.25) is 0 Å². The van der Waals surface area contributed by atoms with Gasteiger partial charge in [-0.2, -0.15) is 18.3 Å². The Balaban J connectivity index is 1.93. The molecule has 1 N–H and O–H groups in total. The van der Waals surface area contributed by atoms with E-state index in [0.29, 0.717) is 5.56 Å². The van der Waals surface area contributed by atoms with Crippen LogP contribution in [0, 0.1) is 11.7 Å². The highest BCUT2D eigenvalue weighted by atomic mass is 19.4. The summed E-state index contributed by atoms with van der Waals surface area (Å²) in [5.41, 5.74) is 0.189. The second-order valence-corrected chi connectivity index (χ2v) is 5.51. The standard InChI is InChI=1S/C15H13F4N3O3/c16-10-1-2-12(25-4-3-23)9-7-22(6-8(9)10)11-5-20-21-14(24)13(11)15(17,18)19/h1-2,5,13,23H,3-4,6-7H2. The van der Waals surface area contributed by atoms with Crippen LogP contribution in [-0.2, 0) is 17.9 Å². The number of fused-ring (bicyclic) bond motifs is 1. The van der Waals surface area contributed by atoms with E-state index < -0.39 is 23.8 Å². The van der Waals surface area contributed by atoms with E-state index in [1.54, 1.807) is 0 Å². The number of carbonyl (C=O) groups is 1. The van der Waals surface area contributed by atoms with Crippen LogP contribution in [0.4, 0.5) is 17.6 Å². The minimum Gasteiger partial charge on any atom is -0.491 e. The van der Waals surface area contributed by atoms with Crippen molar-refractivity contribution in [1.29, 1.82) is 0 Å². The maximum Gasteiger partial charge on any atom is 0.406 e. The van der Waals surface area contributed by atoms with E-state index in [1.807, 2.05) is 0 Å². The molecule has 1 atom stereocenters. The van der Waals surface area contributed by atoms with Gasteiger partial charge in [0, 0.05) is 24.2 Å². The minimum atomic E-state index is -4.83. The van der Waals surface area contributed by atoms with Gasteiger partial charge in [0.1, 0.15) is 18.2 Å². The molecule has 3 rings (SSSR count). The second-order valence-electron chi connectivity index (χ2n) is 5.51. The number of rotatable bonds is 4. The molecule has 2 aliphatic rings. The minimum absolute atomic E-state index is 0.0291. The summed E-state index contributed by atoms with van der Waals surface area (Å²) >= 11 is 0. The summed E-state index contributed by atoms with van der Waals surface area (Å²) in [6.45, 7) is -0.515. The molecule has 0 aliphatic carbocycles. The number of azo groups is 1. The predicted molar refractivity (Wildman–Crippen MR) is 75.7 cm³/mol. The molecule has 25 heavy (non-hydrogen) atoms. The lowest BCUT2D eigenvalue weighted by Crippen LogP contribution is -2.38. The molecule has 0 aromatic heterocycles. The van der Waals surface area contributed by atoms with Crippen LogP contribution < -0.4 is 4.74 Å². The molecule has 10 heteroatoms. The zero-order chi connectivity index (χ0) is 18.2. The van der Waals surface area contributed by atoms with Gasteiger partial charge in [0.25, 0.3) is 5.91 Å². The molecule has 1 aromatic carbocycles. The number of benzene rings is 1. The Kier molecular flexibility index (Phi) is 4.46. The molecule has 0 spiro atoms. The first-order valence-electron chi connectivity index (χ1n) is 7.33. The number of aliphatic hydroxyl groups excluding tert-OH is 1. The molecule has 0 radical (unpaired) electrons. The van der Waals surface area contributed by atoms with E-state index in [1.165, 1.54) is 11.0 Å². The molecule has 0 saturated heterocycles. The van der Waals surface area contributed by atoms with Crippen molar-refractivity contribution in [3.05, 3.63) is 41.0 Å². The SMILES string of the molecule is O=C1N=NC=C(N2Cc3c(F)ccc(OCCO)c3C2)C1C(F)(F)F. The van der Waals surface area contributed by atoms with E-state index in [2.05, 4.69) is 10.2 Å². The van der Waals surface area contributed by atoms with Gasteiger partial charge >= 0.3 is 6.18 Å². The van der Waals surface area contributed by atoms with Crippen LogP contribution >= 0.6 is 0 Å². The highest BCUT2D eigenvalue weighted by Crippen LogP contribution is 2.41. The number of amides is 1. The maximum absolute atomic E-state index is 14.1. The van der Waals surface area contributed by atoms with E-state index in [-0.39, 0.29) is 43.3 Å². The predicted octanol–water partition coefficient (Wildman–Crippen LogP) is 2.52. The zero-order valence-electron chi connectivity index (χ0n) is 12.8. The molecule has 2 aliphatic heterocycles. The number of hydrogen-bond acceptors (Lipinski definition) is 5. The largest absolute Gasteiger partial charge is 0.491 e. The summed E-state index contributed by atoms with van der Waals surface area (Å²) in [6, 6.07) is 2.51. The molecule has 0 fully saturated rings. The third-order valence-corrected chi connectivity index (χ3v) is 3.96. The van der Waals surface area contributed by atoms with E-state index in [4.69, 9.17) is 9.84 Å². The topological polar surface area (TPSA) is 74.5 Å². The molecule has 6 nitrogen and oxygen atoms in total. The Bertz CT molecular complexity index is 761. The average molecular weight is 359 g/mol. The maximum atomic E-state index is 14.1. The fraction of sp³-hybridized carbons (Fsp3) is 0.400. The lowest BCUT2D eigenvalue weighted by molar-refractivity contribution is -0.177. The van der Waals surface area contributed by atoms with E-state index in [9.17, 15) is 22.4 Å². The highest BCUT2D eigenvalue weighted by molar-refractivity contribution is 5.83. The van der Waals surface area contributed by atoms with Crippen molar-refractivity contribution in [2.75, 3.05) is 13.2 Å². The van der Waals surface area contributed by atoms with Crippen molar-refractivity contribution in [2.24, 2.45) is 16.1 Å². The molecule has 1 unspecified atom stereocenters. The van der Waals surface area contributed by atoms with Gasteiger partial charge in [-0.3, -0.25) is 4.79 Å². The van der Waals surface area contributed by atoms with Crippen LogP contribution in [-0.4, -0.2) is 35.3 Å². The smallest absolute Gasteiger partial charge is 0.406 e. The molecule has 0 saturated carbocycles. The first kappa shape index (κ1) is 17.3. The number of aliphatic hydroxyl groups is 1. The monoisotopic (exact) mass is 359 g/mol. The van der Waals surface area contributed by atoms with Gasteiger partial charge in [-0.25, -0.2) is 4.39 Å². The molecule has 1 aromatic rings. The number of nitrogens with zero attached hydrogens (tertiary/aromatic N) is 3. The molecule has 0 bridgehead atoms. The van der Waals surface area contributed by atoms with Gasteiger partial charge in [-0.1, -0.05) is 0 Å². The fourth-order valence-corrected chi connectivity index (χ4v) is 2.87. The van der Waals surface area contributed by atoms with Crippen molar-refractivity contribution in [3.63, 3.8) is 0 Å². The van der Waals surface area contributed by atoms with Crippen LogP contribution in [0.15, 0.2) is 34.3 Å². The average Bonchev–Trinajstić information content (AvgIpc) is 2.99. The molecular formula is C15H13F4N3O3. The van der Waals surface area contributed by atoms with Gasteiger partial charge in [0.15, 0.2) is 5.92 Å². The van der Waals surface area contributed by atoms with Crippen LogP contribution in [0.1, 0.15) is 11.1 Å². The number of carbonyl (C=O) groups excluding carboxylic acids is 1. The lowest BCUT2D eigenvalue weighted by atomic mass is 10.0. The first-order valence-corrected chi connectivity index (χ1v) is 7.33. The lowest BCUT2D eigenvalue weighted by Gasteiger charge is -2.28. The number of alkyl halides is 3. The molecular weight excluding hydrogens is 346 g/mol. The Morgan fingerprint density at radius 1 is 1.28 bits per heavy atom. The van der Waals surface area contributed by atoms with E-state index >= 15 is 0 Å². The summed E-state index contributed by atoms with van der Waals surface area (Å²) in [5, 5.41) is 15.1. The van der Waals surface area contributed by atoms with Gasteiger partial charge in [-0.15, -0.1) is 5.11 Å². The Labute approximate surface area is 139 Å². The number of halogens is 4. The zero-order valence-corrected chi connectivity index (χ0v) is 12.8. The Morgan fingerprint density at radius 2 is 2.00 bits per heavy atom.